The fraction of sp³-hybridized carbons (Fsp3) is 0. The van der Waals surface area contributed by atoms with Gasteiger partial charge in [0.2, 0.25) is 5.78 Å². The van der Waals surface area contributed by atoms with E-state index in [0.717, 1.165) is 16.8 Å². The Kier molecular flexibility index (Phi) is 2.87. The molecule has 1 aromatic heterocycles. The molecule has 0 unspecified atom stereocenters. The van der Waals surface area contributed by atoms with E-state index in [1.54, 1.807) is 36.4 Å². The molecule has 2 heterocycles. The normalized spacial score (nSPS) is 12.5. The van der Waals surface area contributed by atoms with E-state index in [1.165, 1.54) is 4.57 Å². The minimum absolute atomic E-state index is 0.0831. The van der Waals surface area contributed by atoms with Crippen molar-refractivity contribution in [1.29, 1.82) is 0 Å². The lowest BCUT2D eigenvalue weighted by atomic mass is 10.1. The predicted molar refractivity (Wildman–Crippen MR) is 85.8 cm³/mol. The Hall–Kier alpha value is -2.15. The first-order valence-electron chi connectivity index (χ1n) is 6.39. The molecule has 2 N–H and O–H groups in total. The Bertz CT molecular complexity index is 1030. The zero-order valence-corrected chi connectivity index (χ0v) is 12.6. The molecule has 0 amide bonds. The number of hydrogen-bond acceptors (Lipinski definition) is 5. The molecule has 0 saturated carbocycles. The average Bonchev–Trinajstić information content (AvgIpc) is 2.81. The van der Waals surface area contributed by atoms with Gasteiger partial charge in [-0.3, -0.25) is 19.3 Å². The molecule has 2 aromatic carbocycles. The zero-order chi connectivity index (χ0) is 15.4. The van der Waals surface area contributed by atoms with Gasteiger partial charge in [0.1, 0.15) is 0 Å². The summed E-state index contributed by atoms with van der Waals surface area (Å²) in [5.74, 6) is -0.218. The number of aromatic nitrogens is 2. The van der Waals surface area contributed by atoms with Crippen LogP contribution in [0.3, 0.4) is 0 Å². The maximum Gasteiger partial charge on any atom is 0.266 e. The van der Waals surface area contributed by atoms with Gasteiger partial charge in [-0.15, -0.1) is 0 Å². The number of hydrogen-bond donors (Lipinski definition) is 1. The topological polar surface area (TPSA) is 78.0 Å². The molecule has 4 rings (SSSR count). The number of nitrogens with zero attached hydrogens (tertiary/aromatic N) is 2. The van der Waals surface area contributed by atoms with Crippen LogP contribution >= 0.6 is 23.5 Å². The van der Waals surface area contributed by atoms with E-state index < -0.39 is 0 Å². The van der Waals surface area contributed by atoms with Crippen molar-refractivity contribution in [3.8, 4) is 5.69 Å². The molecule has 5 nitrogen and oxygen atoms in total. The maximum atomic E-state index is 12.7. The van der Waals surface area contributed by atoms with Gasteiger partial charge >= 0.3 is 0 Å². The fourth-order valence-corrected chi connectivity index (χ4v) is 3.18. The summed E-state index contributed by atoms with van der Waals surface area (Å²) in [4.78, 5) is 30.3. The Morgan fingerprint density at radius 2 is 2.00 bits per heavy atom. The van der Waals surface area contributed by atoms with Gasteiger partial charge in [-0.05, 0) is 42.3 Å². The highest BCUT2D eigenvalue weighted by atomic mass is 35.5. The highest BCUT2D eigenvalue weighted by Crippen LogP contribution is 2.30. The monoisotopic (exact) mass is 329 g/mol. The van der Waals surface area contributed by atoms with Gasteiger partial charge in [0.15, 0.2) is 5.82 Å². The summed E-state index contributed by atoms with van der Waals surface area (Å²) in [5, 5.41) is 6.26. The van der Waals surface area contributed by atoms with E-state index in [4.69, 9.17) is 16.7 Å². The number of halogens is 1. The second-order valence-electron chi connectivity index (χ2n) is 4.84. The molecule has 1 aliphatic heterocycles. The molecule has 0 bridgehead atoms. The van der Waals surface area contributed by atoms with Crippen LogP contribution in [0.15, 0.2) is 46.1 Å². The molecule has 0 aliphatic carbocycles. The second-order valence-corrected chi connectivity index (χ2v) is 5.95. The van der Waals surface area contributed by atoms with E-state index in [2.05, 4.69) is 4.98 Å². The third-order valence-corrected chi connectivity index (χ3v) is 4.47. The minimum Gasteiger partial charge on any atom is -0.285 e. The molecular weight excluding hydrogens is 322 g/mol. The largest absolute Gasteiger partial charge is 0.285 e. The highest BCUT2D eigenvalue weighted by Gasteiger charge is 2.30. The van der Waals surface area contributed by atoms with Gasteiger partial charge in [-0.1, -0.05) is 17.7 Å². The number of para-hydroxylation sites is 1. The summed E-state index contributed by atoms with van der Waals surface area (Å²) in [6.07, 6.45) is 0. The van der Waals surface area contributed by atoms with Crippen LogP contribution in [0.2, 0.25) is 5.02 Å². The van der Waals surface area contributed by atoms with Gasteiger partial charge in [-0.2, -0.15) is 0 Å². The second kappa shape index (κ2) is 4.67. The van der Waals surface area contributed by atoms with Crippen molar-refractivity contribution in [1.82, 2.24) is 9.55 Å². The molecule has 3 aromatic rings. The first-order chi connectivity index (χ1) is 10.6. The highest BCUT2D eigenvalue weighted by molar-refractivity contribution is 7.97. The van der Waals surface area contributed by atoms with Crippen LogP contribution in [-0.4, -0.2) is 15.3 Å². The van der Waals surface area contributed by atoms with Crippen LogP contribution in [0.1, 0.15) is 16.2 Å². The Morgan fingerprint density at radius 1 is 1.18 bits per heavy atom. The predicted octanol–water partition coefficient (Wildman–Crippen LogP) is 2.55. The van der Waals surface area contributed by atoms with Crippen LogP contribution in [0.4, 0.5) is 0 Å². The molecule has 1 aliphatic rings. The summed E-state index contributed by atoms with van der Waals surface area (Å²) in [7, 11) is 0. The number of rotatable bonds is 1. The van der Waals surface area contributed by atoms with Crippen molar-refractivity contribution < 1.29 is 4.79 Å². The SMILES string of the molecule is NSc1ccc2c(c1)C(=O)c1nc3c(Cl)cccc3c(=O)n1-2. The number of nitrogens with two attached hydrogens (primary N) is 1. The van der Waals surface area contributed by atoms with Gasteiger partial charge in [0.05, 0.1) is 27.2 Å². The van der Waals surface area contributed by atoms with Crippen molar-refractivity contribution in [2.75, 3.05) is 0 Å². The average molecular weight is 330 g/mol. The fourth-order valence-electron chi connectivity index (χ4n) is 2.64. The third-order valence-electron chi connectivity index (χ3n) is 3.64. The first kappa shape index (κ1) is 13.5. The molecule has 108 valence electrons. The Morgan fingerprint density at radius 3 is 2.77 bits per heavy atom. The number of carbonyl (C=O) groups excluding carboxylic acids is 1. The van der Waals surface area contributed by atoms with Crippen LogP contribution in [0, 0.1) is 0 Å². The molecule has 0 fully saturated rings. The van der Waals surface area contributed by atoms with Gasteiger partial charge in [0.25, 0.3) is 5.56 Å². The number of benzene rings is 2. The van der Waals surface area contributed by atoms with Gasteiger partial charge < -0.3 is 0 Å². The lowest BCUT2D eigenvalue weighted by Crippen LogP contribution is -2.21. The van der Waals surface area contributed by atoms with E-state index in [0.29, 0.717) is 27.2 Å². The van der Waals surface area contributed by atoms with Crippen molar-refractivity contribution in [3.05, 3.63) is 63.2 Å². The van der Waals surface area contributed by atoms with E-state index in [1.807, 2.05) is 0 Å². The molecule has 22 heavy (non-hydrogen) atoms. The van der Waals surface area contributed by atoms with Crippen LogP contribution in [-0.2, 0) is 0 Å². The minimum atomic E-state index is -0.303. The third kappa shape index (κ3) is 1.68. The Labute approximate surface area is 133 Å². The quantitative estimate of drug-likeness (QED) is 0.543. The molecular formula is C15H8ClN3O2S. The van der Waals surface area contributed by atoms with Crippen LogP contribution < -0.4 is 10.7 Å². The summed E-state index contributed by atoms with van der Waals surface area (Å²) in [6.45, 7) is 0. The van der Waals surface area contributed by atoms with Crippen molar-refractivity contribution in [3.63, 3.8) is 0 Å². The van der Waals surface area contributed by atoms with E-state index >= 15 is 0 Å². The number of ketones is 1. The first-order valence-corrected chi connectivity index (χ1v) is 7.64. The molecule has 0 spiro atoms. The van der Waals surface area contributed by atoms with Crippen molar-refractivity contribution in [2.24, 2.45) is 5.14 Å². The molecule has 0 saturated heterocycles. The summed E-state index contributed by atoms with van der Waals surface area (Å²) in [6, 6.07) is 10.1. The van der Waals surface area contributed by atoms with Gasteiger partial charge in [-0.25, -0.2) is 4.98 Å². The van der Waals surface area contributed by atoms with Gasteiger partial charge in [0, 0.05) is 4.90 Å². The number of carbonyl (C=O) groups is 1. The van der Waals surface area contributed by atoms with Crippen LogP contribution in [0.25, 0.3) is 16.6 Å². The number of fused-ring (bicyclic) bond motifs is 4. The lowest BCUT2D eigenvalue weighted by Gasteiger charge is -2.06. The zero-order valence-electron chi connectivity index (χ0n) is 11.0. The summed E-state index contributed by atoms with van der Waals surface area (Å²) in [5.41, 5.74) is 0.987. The summed E-state index contributed by atoms with van der Waals surface area (Å²) >= 11 is 7.14. The molecule has 7 heteroatoms. The van der Waals surface area contributed by atoms with Crippen molar-refractivity contribution in [2.45, 2.75) is 4.90 Å². The molecule has 0 radical (unpaired) electrons. The van der Waals surface area contributed by atoms with E-state index in [9.17, 15) is 9.59 Å². The Balaban J connectivity index is 2.14. The lowest BCUT2D eigenvalue weighted by molar-refractivity contribution is 0.103. The maximum absolute atomic E-state index is 12.7. The summed E-state index contributed by atoms with van der Waals surface area (Å²) < 4.78 is 1.33. The van der Waals surface area contributed by atoms with E-state index in [-0.39, 0.29) is 17.2 Å². The van der Waals surface area contributed by atoms with Crippen LogP contribution in [0.5, 0.6) is 0 Å². The smallest absolute Gasteiger partial charge is 0.266 e. The molecule has 0 atom stereocenters. The van der Waals surface area contributed by atoms with Crippen molar-refractivity contribution >= 4 is 40.2 Å². The standard InChI is InChI=1S/C15H8ClN3O2S/c16-10-3-1-2-8-12(10)18-14-13(20)9-6-7(22-17)4-5-11(9)19(14)15(8)21/h1-6H,17H2.